The van der Waals surface area contributed by atoms with E-state index in [0.29, 0.717) is 17.1 Å². The van der Waals surface area contributed by atoms with E-state index in [2.05, 4.69) is 10.3 Å². The molecule has 0 aliphatic heterocycles. The summed E-state index contributed by atoms with van der Waals surface area (Å²) in [6.07, 6.45) is 1.71. The maximum absolute atomic E-state index is 12.6. The first-order chi connectivity index (χ1) is 11.7. The minimum absolute atomic E-state index is 0.191. The molecule has 2 aromatic carbocycles. The Bertz CT molecular complexity index is 804. The summed E-state index contributed by atoms with van der Waals surface area (Å²) in [6.45, 7) is 1.90. The lowest BCUT2D eigenvalue weighted by atomic mass is 10.1. The second-order valence-corrected chi connectivity index (χ2v) is 5.36. The first kappa shape index (κ1) is 15.7. The second kappa shape index (κ2) is 7.42. The molecule has 0 fully saturated rings. The van der Waals surface area contributed by atoms with Crippen LogP contribution in [0.4, 0.5) is 0 Å². The molecule has 0 radical (unpaired) electrons. The van der Waals surface area contributed by atoms with E-state index in [4.69, 9.17) is 4.74 Å². The monoisotopic (exact) mass is 318 g/mol. The molecule has 0 bridgehead atoms. The van der Waals surface area contributed by atoms with Crippen molar-refractivity contribution in [1.29, 1.82) is 0 Å². The average Bonchev–Trinajstić information content (AvgIpc) is 2.63. The molecule has 4 nitrogen and oxygen atoms in total. The van der Waals surface area contributed by atoms with Gasteiger partial charge in [-0.05, 0) is 43.3 Å². The topological polar surface area (TPSA) is 51.2 Å². The molecule has 1 amide bonds. The van der Waals surface area contributed by atoms with Gasteiger partial charge in [0, 0.05) is 6.20 Å². The van der Waals surface area contributed by atoms with Crippen LogP contribution < -0.4 is 10.1 Å². The average molecular weight is 318 g/mol. The number of aromatic nitrogens is 1. The van der Waals surface area contributed by atoms with Crippen molar-refractivity contribution in [2.45, 2.75) is 13.0 Å². The highest BCUT2D eigenvalue weighted by Gasteiger charge is 2.16. The lowest BCUT2D eigenvalue weighted by molar-refractivity contribution is 0.0937. The Kier molecular flexibility index (Phi) is 4.87. The molecule has 24 heavy (non-hydrogen) atoms. The second-order valence-electron chi connectivity index (χ2n) is 5.36. The van der Waals surface area contributed by atoms with E-state index in [1.807, 2.05) is 67.6 Å². The van der Waals surface area contributed by atoms with Crippen molar-refractivity contribution >= 4 is 5.91 Å². The van der Waals surface area contributed by atoms with Crippen LogP contribution in [0.3, 0.4) is 0 Å². The van der Waals surface area contributed by atoms with Crippen molar-refractivity contribution in [2.24, 2.45) is 0 Å². The van der Waals surface area contributed by atoms with Crippen molar-refractivity contribution in [3.63, 3.8) is 0 Å². The Hall–Kier alpha value is -3.14. The number of hydrogen-bond donors (Lipinski definition) is 1. The number of benzene rings is 2. The smallest absolute Gasteiger partial charge is 0.255 e. The maximum Gasteiger partial charge on any atom is 0.255 e. The normalized spacial score (nSPS) is 11.5. The third kappa shape index (κ3) is 3.79. The van der Waals surface area contributed by atoms with E-state index in [1.54, 1.807) is 18.3 Å². The zero-order chi connectivity index (χ0) is 16.8. The van der Waals surface area contributed by atoms with Crippen LogP contribution in [-0.2, 0) is 0 Å². The van der Waals surface area contributed by atoms with Gasteiger partial charge in [0.15, 0.2) is 0 Å². The number of carbonyl (C=O) groups excluding carboxylic acids is 1. The zero-order valence-electron chi connectivity index (χ0n) is 13.3. The molecular weight excluding hydrogens is 300 g/mol. The zero-order valence-corrected chi connectivity index (χ0v) is 13.3. The Morgan fingerprint density at radius 3 is 2.42 bits per heavy atom. The molecule has 0 aliphatic carbocycles. The molecule has 0 spiro atoms. The van der Waals surface area contributed by atoms with Crippen molar-refractivity contribution in [1.82, 2.24) is 10.3 Å². The van der Waals surface area contributed by atoms with Crippen molar-refractivity contribution in [3.05, 3.63) is 90.3 Å². The first-order valence-corrected chi connectivity index (χ1v) is 7.78. The summed E-state index contributed by atoms with van der Waals surface area (Å²) in [5.41, 5.74) is 1.30. The van der Waals surface area contributed by atoms with Crippen LogP contribution in [0.2, 0.25) is 0 Å². The van der Waals surface area contributed by atoms with Gasteiger partial charge >= 0.3 is 0 Å². The lowest BCUT2D eigenvalue weighted by Crippen LogP contribution is -2.27. The van der Waals surface area contributed by atoms with Crippen molar-refractivity contribution in [2.75, 3.05) is 0 Å². The molecule has 3 rings (SSSR count). The molecule has 0 saturated heterocycles. The van der Waals surface area contributed by atoms with E-state index in [9.17, 15) is 4.79 Å². The Morgan fingerprint density at radius 2 is 1.67 bits per heavy atom. The van der Waals surface area contributed by atoms with Crippen LogP contribution >= 0.6 is 0 Å². The standard InChI is InChI=1S/C20H18N2O2/c1-15(18-12-7-8-14-21-18)22-20(23)17-11-5-6-13-19(17)24-16-9-3-2-4-10-16/h2-15H,1H3,(H,22,23). The first-order valence-electron chi connectivity index (χ1n) is 7.78. The summed E-state index contributed by atoms with van der Waals surface area (Å²) < 4.78 is 5.84. The molecule has 3 aromatic rings. The predicted octanol–water partition coefficient (Wildman–Crippen LogP) is 4.36. The molecule has 1 unspecified atom stereocenters. The van der Waals surface area contributed by atoms with Crippen LogP contribution in [0.15, 0.2) is 79.0 Å². The van der Waals surface area contributed by atoms with E-state index >= 15 is 0 Å². The van der Waals surface area contributed by atoms with Gasteiger partial charge in [-0.15, -0.1) is 0 Å². The number of pyridine rings is 1. The lowest BCUT2D eigenvalue weighted by Gasteiger charge is -2.15. The number of para-hydroxylation sites is 2. The number of hydrogen-bond acceptors (Lipinski definition) is 3. The van der Waals surface area contributed by atoms with E-state index < -0.39 is 0 Å². The Balaban J connectivity index is 1.78. The molecule has 120 valence electrons. The summed E-state index contributed by atoms with van der Waals surface area (Å²) in [5, 5.41) is 2.96. The molecule has 1 atom stereocenters. The fourth-order valence-electron chi connectivity index (χ4n) is 2.34. The Morgan fingerprint density at radius 1 is 0.958 bits per heavy atom. The highest BCUT2D eigenvalue weighted by molar-refractivity contribution is 5.97. The third-order valence-electron chi connectivity index (χ3n) is 3.58. The molecular formula is C20H18N2O2. The van der Waals surface area contributed by atoms with Gasteiger partial charge in [0.25, 0.3) is 5.91 Å². The molecule has 1 heterocycles. The quantitative estimate of drug-likeness (QED) is 0.760. The van der Waals surface area contributed by atoms with Gasteiger partial charge in [0.2, 0.25) is 0 Å². The molecule has 0 aliphatic rings. The summed E-state index contributed by atoms with van der Waals surface area (Å²) in [7, 11) is 0. The van der Waals surface area contributed by atoms with Gasteiger partial charge < -0.3 is 10.1 Å². The molecule has 1 N–H and O–H groups in total. The van der Waals surface area contributed by atoms with E-state index in [1.165, 1.54) is 0 Å². The number of nitrogens with one attached hydrogen (secondary N) is 1. The number of carbonyl (C=O) groups is 1. The van der Waals surface area contributed by atoms with Crippen LogP contribution in [0.25, 0.3) is 0 Å². The maximum atomic E-state index is 12.6. The minimum atomic E-state index is -0.195. The molecule has 0 saturated carbocycles. The number of ether oxygens (including phenoxy) is 1. The summed E-state index contributed by atoms with van der Waals surface area (Å²) in [6, 6.07) is 22.0. The summed E-state index contributed by atoms with van der Waals surface area (Å²) in [5.74, 6) is 1.02. The van der Waals surface area contributed by atoms with Crippen LogP contribution in [-0.4, -0.2) is 10.9 Å². The highest BCUT2D eigenvalue weighted by atomic mass is 16.5. The largest absolute Gasteiger partial charge is 0.457 e. The SMILES string of the molecule is CC(NC(=O)c1ccccc1Oc1ccccc1)c1ccccn1. The third-order valence-corrected chi connectivity index (χ3v) is 3.58. The predicted molar refractivity (Wildman–Crippen MR) is 93.1 cm³/mol. The summed E-state index contributed by atoms with van der Waals surface area (Å²) >= 11 is 0. The number of nitrogens with zero attached hydrogens (tertiary/aromatic N) is 1. The fourth-order valence-corrected chi connectivity index (χ4v) is 2.34. The van der Waals surface area contributed by atoms with Crippen molar-refractivity contribution in [3.8, 4) is 11.5 Å². The Labute approximate surface area is 141 Å². The van der Waals surface area contributed by atoms with Gasteiger partial charge in [-0.1, -0.05) is 36.4 Å². The highest BCUT2D eigenvalue weighted by Crippen LogP contribution is 2.25. The van der Waals surface area contributed by atoms with Gasteiger partial charge in [0.05, 0.1) is 17.3 Å². The van der Waals surface area contributed by atoms with E-state index in [0.717, 1.165) is 5.69 Å². The summed E-state index contributed by atoms with van der Waals surface area (Å²) in [4.78, 5) is 16.9. The molecule has 1 aromatic heterocycles. The van der Waals surface area contributed by atoms with Crippen LogP contribution in [0.5, 0.6) is 11.5 Å². The van der Waals surface area contributed by atoms with Crippen LogP contribution in [0.1, 0.15) is 29.0 Å². The fraction of sp³-hybridized carbons (Fsp3) is 0.100. The van der Waals surface area contributed by atoms with Gasteiger partial charge in [0.1, 0.15) is 11.5 Å². The van der Waals surface area contributed by atoms with Crippen molar-refractivity contribution < 1.29 is 9.53 Å². The number of rotatable bonds is 5. The van der Waals surface area contributed by atoms with Crippen LogP contribution in [0, 0.1) is 0 Å². The van der Waals surface area contributed by atoms with Gasteiger partial charge in [-0.3, -0.25) is 9.78 Å². The number of amides is 1. The van der Waals surface area contributed by atoms with Gasteiger partial charge in [-0.25, -0.2) is 0 Å². The minimum Gasteiger partial charge on any atom is -0.457 e. The van der Waals surface area contributed by atoms with Gasteiger partial charge in [-0.2, -0.15) is 0 Å². The van der Waals surface area contributed by atoms with E-state index in [-0.39, 0.29) is 11.9 Å². The molecule has 4 heteroatoms.